The van der Waals surface area contributed by atoms with Crippen LogP contribution in [0, 0.1) is 5.92 Å². The third-order valence-electron chi connectivity index (χ3n) is 5.11. The van der Waals surface area contributed by atoms with Gasteiger partial charge in [-0.05, 0) is 50.7 Å². The predicted molar refractivity (Wildman–Crippen MR) is 87.5 cm³/mol. The summed E-state index contributed by atoms with van der Waals surface area (Å²) in [4.78, 5) is 0. The summed E-state index contributed by atoms with van der Waals surface area (Å²) in [5, 5.41) is 0. The van der Waals surface area contributed by atoms with Gasteiger partial charge in [0.15, 0.2) is 0 Å². The summed E-state index contributed by atoms with van der Waals surface area (Å²) < 4.78 is 0. The Labute approximate surface area is 121 Å². The number of hydrogen-bond donors (Lipinski definition) is 0. The Kier molecular flexibility index (Phi) is 7.49. The second-order valence-corrected chi connectivity index (χ2v) is 6.40. The molecular formula is C19H34. The van der Waals surface area contributed by atoms with Crippen LogP contribution in [0.15, 0.2) is 22.3 Å². The smallest absolute Gasteiger partial charge is 0.00126 e. The van der Waals surface area contributed by atoms with E-state index in [1.165, 1.54) is 57.8 Å². The zero-order valence-electron chi connectivity index (χ0n) is 13.9. The molecule has 0 aliphatic heterocycles. The lowest BCUT2D eigenvalue weighted by atomic mass is 9.93. The van der Waals surface area contributed by atoms with Crippen molar-refractivity contribution in [3.63, 3.8) is 0 Å². The summed E-state index contributed by atoms with van der Waals surface area (Å²) in [5.41, 5.74) is 6.48. The molecule has 0 N–H and O–H groups in total. The lowest BCUT2D eigenvalue weighted by Gasteiger charge is -2.12. The van der Waals surface area contributed by atoms with Gasteiger partial charge < -0.3 is 0 Å². The molecule has 1 rings (SSSR count). The van der Waals surface area contributed by atoms with Crippen molar-refractivity contribution in [2.45, 2.75) is 92.4 Å². The van der Waals surface area contributed by atoms with Crippen LogP contribution < -0.4 is 0 Å². The zero-order chi connectivity index (χ0) is 14.3. The summed E-state index contributed by atoms with van der Waals surface area (Å²) in [5.74, 6) is 0.713. The van der Waals surface area contributed by atoms with Crippen molar-refractivity contribution < 1.29 is 0 Å². The summed E-state index contributed by atoms with van der Waals surface area (Å²) in [6.07, 6.45) is 12.7. The second-order valence-electron chi connectivity index (χ2n) is 6.40. The minimum absolute atomic E-state index is 0.713. The third-order valence-corrected chi connectivity index (χ3v) is 5.11. The van der Waals surface area contributed by atoms with Crippen molar-refractivity contribution in [3.05, 3.63) is 22.3 Å². The molecule has 0 amide bonds. The van der Waals surface area contributed by atoms with E-state index >= 15 is 0 Å². The van der Waals surface area contributed by atoms with Gasteiger partial charge in [-0.25, -0.2) is 0 Å². The lowest BCUT2D eigenvalue weighted by Crippen LogP contribution is -1.97. The van der Waals surface area contributed by atoms with E-state index in [0.29, 0.717) is 5.92 Å². The molecule has 0 bridgehead atoms. The average molecular weight is 262 g/mol. The molecule has 1 unspecified atom stereocenters. The van der Waals surface area contributed by atoms with E-state index in [2.05, 4.69) is 34.6 Å². The number of unbranched alkanes of at least 4 members (excludes halogenated alkanes) is 7. The molecule has 0 nitrogen and oxygen atoms in total. The topological polar surface area (TPSA) is 0 Å². The third kappa shape index (κ3) is 4.82. The van der Waals surface area contributed by atoms with Crippen LogP contribution in [0.1, 0.15) is 92.4 Å². The van der Waals surface area contributed by atoms with Gasteiger partial charge >= 0.3 is 0 Å². The highest BCUT2D eigenvalue weighted by molar-refractivity contribution is 5.46. The van der Waals surface area contributed by atoms with Crippen LogP contribution in [0.5, 0.6) is 0 Å². The first kappa shape index (κ1) is 16.5. The molecule has 0 heteroatoms. The van der Waals surface area contributed by atoms with E-state index in [4.69, 9.17) is 0 Å². The van der Waals surface area contributed by atoms with Gasteiger partial charge in [0.25, 0.3) is 0 Å². The fourth-order valence-corrected chi connectivity index (χ4v) is 3.30. The van der Waals surface area contributed by atoms with E-state index in [1.54, 1.807) is 22.3 Å². The van der Waals surface area contributed by atoms with Gasteiger partial charge in [0, 0.05) is 0 Å². The molecule has 0 saturated heterocycles. The Hall–Kier alpha value is -0.520. The summed E-state index contributed by atoms with van der Waals surface area (Å²) in [7, 11) is 0. The minimum Gasteiger partial charge on any atom is -0.0654 e. The highest BCUT2D eigenvalue weighted by Crippen LogP contribution is 2.38. The molecule has 0 aromatic carbocycles. The van der Waals surface area contributed by atoms with Crippen LogP contribution in [0.4, 0.5) is 0 Å². The summed E-state index contributed by atoms with van der Waals surface area (Å²) >= 11 is 0. The first-order valence-corrected chi connectivity index (χ1v) is 8.47. The van der Waals surface area contributed by atoms with Crippen LogP contribution in [0.25, 0.3) is 0 Å². The monoisotopic (exact) mass is 262 g/mol. The van der Waals surface area contributed by atoms with Crippen molar-refractivity contribution in [1.29, 1.82) is 0 Å². The van der Waals surface area contributed by atoms with Gasteiger partial charge in [0.1, 0.15) is 0 Å². The lowest BCUT2D eigenvalue weighted by molar-refractivity contribution is 0.568. The van der Waals surface area contributed by atoms with Gasteiger partial charge in [-0.2, -0.15) is 0 Å². The van der Waals surface area contributed by atoms with Crippen molar-refractivity contribution in [2.24, 2.45) is 5.92 Å². The van der Waals surface area contributed by atoms with Crippen LogP contribution in [-0.4, -0.2) is 0 Å². The molecule has 110 valence electrons. The molecule has 0 aromatic heterocycles. The normalized spacial score (nSPS) is 19.7. The molecule has 0 spiro atoms. The average Bonchev–Trinajstić information content (AvgIpc) is 2.59. The zero-order valence-corrected chi connectivity index (χ0v) is 13.9. The van der Waals surface area contributed by atoms with Crippen LogP contribution in [0.2, 0.25) is 0 Å². The van der Waals surface area contributed by atoms with Crippen molar-refractivity contribution in [2.75, 3.05) is 0 Å². The first-order chi connectivity index (χ1) is 9.09. The number of rotatable bonds is 9. The van der Waals surface area contributed by atoms with Gasteiger partial charge in [0.05, 0.1) is 0 Å². The molecular weight excluding hydrogens is 228 g/mol. The summed E-state index contributed by atoms with van der Waals surface area (Å²) in [6, 6.07) is 0. The first-order valence-electron chi connectivity index (χ1n) is 8.47. The predicted octanol–water partition coefficient (Wildman–Crippen LogP) is 6.82. The fraction of sp³-hybridized carbons (Fsp3) is 0.789. The van der Waals surface area contributed by atoms with Crippen LogP contribution in [0.3, 0.4) is 0 Å². The van der Waals surface area contributed by atoms with Crippen LogP contribution >= 0.6 is 0 Å². The van der Waals surface area contributed by atoms with Gasteiger partial charge in [-0.15, -0.1) is 0 Å². The van der Waals surface area contributed by atoms with Crippen LogP contribution in [-0.2, 0) is 0 Å². The van der Waals surface area contributed by atoms with E-state index in [-0.39, 0.29) is 0 Å². The molecule has 19 heavy (non-hydrogen) atoms. The standard InChI is InChI=1S/C19H34/c1-6-7-8-9-10-11-12-13-14-19-17(4)15(2)16(3)18(19)5/h17H,6-14H2,1-5H3. The Morgan fingerprint density at radius 2 is 1.26 bits per heavy atom. The molecule has 0 aromatic rings. The maximum Gasteiger partial charge on any atom is -0.00126 e. The Morgan fingerprint density at radius 3 is 1.74 bits per heavy atom. The van der Waals surface area contributed by atoms with Gasteiger partial charge in [0.2, 0.25) is 0 Å². The van der Waals surface area contributed by atoms with Crippen molar-refractivity contribution in [3.8, 4) is 0 Å². The quantitative estimate of drug-likeness (QED) is 0.400. The maximum absolute atomic E-state index is 2.38. The molecule has 1 aliphatic carbocycles. The largest absolute Gasteiger partial charge is 0.0654 e. The molecule has 1 atom stereocenters. The molecule has 0 fully saturated rings. The Morgan fingerprint density at radius 1 is 0.737 bits per heavy atom. The van der Waals surface area contributed by atoms with E-state index in [9.17, 15) is 0 Å². The van der Waals surface area contributed by atoms with Gasteiger partial charge in [-0.1, -0.05) is 69.9 Å². The van der Waals surface area contributed by atoms with Gasteiger partial charge in [-0.3, -0.25) is 0 Å². The number of allylic oxidation sites excluding steroid dienone is 4. The van der Waals surface area contributed by atoms with E-state index < -0.39 is 0 Å². The Bertz CT molecular complexity index is 330. The second kappa shape index (κ2) is 8.61. The fourth-order valence-electron chi connectivity index (χ4n) is 3.30. The minimum atomic E-state index is 0.713. The molecule has 0 radical (unpaired) electrons. The van der Waals surface area contributed by atoms with Crippen molar-refractivity contribution in [1.82, 2.24) is 0 Å². The highest BCUT2D eigenvalue weighted by atomic mass is 14.3. The Balaban J connectivity index is 2.14. The van der Waals surface area contributed by atoms with Crippen molar-refractivity contribution >= 4 is 0 Å². The molecule has 0 heterocycles. The van der Waals surface area contributed by atoms with E-state index in [1.807, 2.05) is 0 Å². The van der Waals surface area contributed by atoms with E-state index in [0.717, 1.165) is 0 Å². The SMILES string of the molecule is CCCCCCCCCCC1=C(C)C(C)=C(C)C1C. The maximum atomic E-state index is 2.38. The number of hydrogen-bond acceptors (Lipinski definition) is 0. The summed E-state index contributed by atoms with van der Waals surface area (Å²) in [6.45, 7) is 11.6. The molecule has 1 aliphatic rings. The highest BCUT2D eigenvalue weighted by Gasteiger charge is 2.22. The molecule has 0 saturated carbocycles.